The number of benzene rings is 2. The average molecular weight is 498 g/mol. The van der Waals surface area contributed by atoms with Gasteiger partial charge in [0.15, 0.2) is 5.78 Å². The van der Waals surface area contributed by atoms with E-state index in [1.54, 1.807) is 17.1 Å². The molecule has 1 heterocycles. The largest absolute Gasteiger partial charge is 0.396 e. The summed E-state index contributed by atoms with van der Waals surface area (Å²) in [6, 6.07) is 11.5. The number of ketones is 1. The van der Waals surface area contributed by atoms with Crippen molar-refractivity contribution in [1.29, 1.82) is 0 Å². The van der Waals surface area contributed by atoms with Gasteiger partial charge in [0.05, 0.1) is 16.5 Å². The SMILES string of the molecule is O=C1/C(=C/c2ccc([N+](=O)[O-])cc2)CN(C(=O)CCSCCO)C/C1=C\c1ccc([N+](=O)[O-])cc1. The van der Waals surface area contributed by atoms with Crippen molar-refractivity contribution in [3.05, 3.63) is 91.0 Å². The van der Waals surface area contributed by atoms with Crippen LogP contribution in [0.15, 0.2) is 59.7 Å². The maximum absolute atomic E-state index is 13.2. The summed E-state index contributed by atoms with van der Waals surface area (Å²) in [7, 11) is 0. The summed E-state index contributed by atoms with van der Waals surface area (Å²) in [4.78, 5) is 48.4. The van der Waals surface area contributed by atoms with Crippen molar-refractivity contribution < 1.29 is 24.5 Å². The van der Waals surface area contributed by atoms with Gasteiger partial charge < -0.3 is 10.0 Å². The molecule has 0 bridgehead atoms. The second-order valence-electron chi connectivity index (χ2n) is 7.70. The highest BCUT2D eigenvalue weighted by molar-refractivity contribution is 7.99. The third kappa shape index (κ3) is 7.08. The topological polar surface area (TPSA) is 144 Å². The average Bonchev–Trinajstić information content (AvgIpc) is 2.84. The zero-order valence-electron chi connectivity index (χ0n) is 18.7. The lowest BCUT2D eigenvalue weighted by Gasteiger charge is -2.30. The molecule has 11 heteroatoms. The van der Waals surface area contributed by atoms with Gasteiger partial charge in [-0.1, -0.05) is 0 Å². The third-order valence-corrected chi connectivity index (χ3v) is 6.21. The molecular formula is C24H23N3O7S. The second kappa shape index (κ2) is 12.0. The molecule has 182 valence electrons. The Labute approximate surface area is 205 Å². The fraction of sp³-hybridized carbons (Fsp3) is 0.250. The van der Waals surface area contributed by atoms with E-state index in [0.29, 0.717) is 33.8 Å². The summed E-state index contributed by atoms with van der Waals surface area (Å²) in [6.45, 7) is 0.217. The molecule has 2 aromatic carbocycles. The third-order valence-electron chi connectivity index (χ3n) is 5.24. The molecule has 0 spiro atoms. The second-order valence-corrected chi connectivity index (χ2v) is 8.93. The van der Waals surface area contributed by atoms with Gasteiger partial charge >= 0.3 is 0 Å². The minimum absolute atomic E-state index is 0.0291. The predicted octanol–water partition coefficient (Wildman–Crippen LogP) is 3.50. The van der Waals surface area contributed by atoms with E-state index in [2.05, 4.69) is 0 Å². The smallest absolute Gasteiger partial charge is 0.269 e. The maximum atomic E-state index is 13.2. The first kappa shape index (κ1) is 25.8. The number of aliphatic hydroxyl groups excluding tert-OH is 1. The van der Waals surface area contributed by atoms with Gasteiger partial charge in [-0.25, -0.2) is 0 Å². The number of Topliss-reactive ketones (excluding diaryl/α,β-unsaturated/α-hetero) is 1. The zero-order valence-corrected chi connectivity index (χ0v) is 19.5. The fourth-order valence-electron chi connectivity index (χ4n) is 3.49. The Bertz CT molecular complexity index is 1100. The predicted molar refractivity (Wildman–Crippen MR) is 133 cm³/mol. The Morgan fingerprint density at radius 3 is 1.74 bits per heavy atom. The van der Waals surface area contributed by atoms with Crippen LogP contribution in [0.3, 0.4) is 0 Å². The minimum Gasteiger partial charge on any atom is -0.396 e. The number of rotatable bonds is 9. The van der Waals surface area contributed by atoms with E-state index in [9.17, 15) is 29.8 Å². The molecule has 1 aliphatic rings. The lowest BCUT2D eigenvalue weighted by molar-refractivity contribution is -0.385. The number of aliphatic hydroxyl groups is 1. The van der Waals surface area contributed by atoms with Crippen molar-refractivity contribution >= 4 is 47.0 Å². The number of nitro benzene ring substituents is 2. The van der Waals surface area contributed by atoms with Crippen LogP contribution in [-0.2, 0) is 9.59 Å². The Morgan fingerprint density at radius 1 is 0.886 bits per heavy atom. The number of nitrogens with zero attached hydrogens (tertiary/aromatic N) is 3. The van der Waals surface area contributed by atoms with Crippen molar-refractivity contribution in [2.24, 2.45) is 0 Å². The number of hydrogen-bond acceptors (Lipinski definition) is 8. The van der Waals surface area contributed by atoms with E-state index in [4.69, 9.17) is 5.11 Å². The van der Waals surface area contributed by atoms with E-state index in [0.717, 1.165) is 0 Å². The van der Waals surface area contributed by atoms with Gasteiger partial charge in [0.1, 0.15) is 0 Å². The lowest BCUT2D eigenvalue weighted by atomic mass is 9.94. The van der Waals surface area contributed by atoms with E-state index in [-0.39, 0.29) is 49.2 Å². The molecule has 10 nitrogen and oxygen atoms in total. The highest BCUT2D eigenvalue weighted by Crippen LogP contribution is 2.24. The molecule has 1 saturated heterocycles. The van der Waals surface area contributed by atoms with Crippen molar-refractivity contribution in [2.45, 2.75) is 6.42 Å². The number of piperidine rings is 1. The molecule has 0 unspecified atom stereocenters. The zero-order chi connectivity index (χ0) is 25.4. The van der Waals surface area contributed by atoms with Gasteiger partial charge in [-0.05, 0) is 47.5 Å². The minimum atomic E-state index is -0.511. The van der Waals surface area contributed by atoms with Crippen LogP contribution in [-0.4, -0.2) is 62.7 Å². The van der Waals surface area contributed by atoms with Gasteiger partial charge in [0.2, 0.25) is 5.91 Å². The number of non-ortho nitro benzene ring substituents is 2. The number of likely N-dealkylation sites (tertiary alicyclic amines) is 1. The van der Waals surface area contributed by atoms with Crippen LogP contribution in [0.5, 0.6) is 0 Å². The summed E-state index contributed by atoms with van der Waals surface area (Å²) in [5, 5.41) is 30.7. The van der Waals surface area contributed by atoms with Crippen molar-refractivity contribution in [2.75, 3.05) is 31.2 Å². The number of nitro groups is 2. The Hall–Kier alpha value is -3.83. The van der Waals surface area contributed by atoms with Crippen LogP contribution in [0.25, 0.3) is 12.2 Å². The standard InChI is InChI=1S/C24H23N3O7S/c28-10-12-35-11-9-23(29)25-15-19(13-17-1-5-21(6-2-17)26(31)32)24(30)20(16-25)14-18-3-7-22(8-4-18)27(33)34/h1-8,13-14,28H,9-12,15-16H2/b19-13+,20-14+. The molecule has 1 amide bonds. The summed E-state index contributed by atoms with van der Waals surface area (Å²) < 4.78 is 0. The van der Waals surface area contributed by atoms with E-state index >= 15 is 0 Å². The van der Waals surface area contributed by atoms with Crippen LogP contribution in [0.4, 0.5) is 11.4 Å². The van der Waals surface area contributed by atoms with E-state index in [1.165, 1.54) is 60.3 Å². The first-order chi connectivity index (χ1) is 16.8. The number of amides is 1. The molecule has 1 aliphatic heterocycles. The fourth-order valence-corrected chi connectivity index (χ4v) is 4.14. The van der Waals surface area contributed by atoms with Gasteiger partial charge in [0, 0.05) is 66.4 Å². The molecule has 0 atom stereocenters. The quantitative estimate of drug-likeness (QED) is 0.240. The molecule has 0 aliphatic carbocycles. The van der Waals surface area contributed by atoms with Crippen molar-refractivity contribution in [3.8, 4) is 0 Å². The van der Waals surface area contributed by atoms with Crippen LogP contribution >= 0.6 is 11.8 Å². The molecule has 0 radical (unpaired) electrons. The molecular weight excluding hydrogens is 474 g/mol. The highest BCUT2D eigenvalue weighted by Gasteiger charge is 2.29. The summed E-state index contributed by atoms with van der Waals surface area (Å²) in [5.41, 5.74) is 1.74. The Morgan fingerprint density at radius 2 is 1.34 bits per heavy atom. The monoisotopic (exact) mass is 497 g/mol. The highest BCUT2D eigenvalue weighted by atomic mass is 32.2. The molecule has 1 fully saturated rings. The Kier molecular flexibility index (Phi) is 8.87. The number of hydrogen-bond donors (Lipinski definition) is 1. The molecule has 2 aromatic rings. The van der Waals surface area contributed by atoms with Crippen LogP contribution in [0.1, 0.15) is 17.5 Å². The summed E-state index contributed by atoms with van der Waals surface area (Å²) in [5.74, 6) is 0.655. The number of carbonyl (C=O) groups excluding carboxylic acids is 2. The van der Waals surface area contributed by atoms with Crippen molar-refractivity contribution in [1.82, 2.24) is 4.90 Å². The first-order valence-corrected chi connectivity index (χ1v) is 11.8. The lowest BCUT2D eigenvalue weighted by Crippen LogP contribution is -2.41. The molecule has 35 heavy (non-hydrogen) atoms. The van der Waals surface area contributed by atoms with Gasteiger partial charge in [0.25, 0.3) is 11.4 Å². The molecule has 1 N–H and O–H groups in total. The van der Waals surface area contributed by atoms with Gasteiger partial charge in [-0.2, -0.15) is 11.8 Å². The van der Waals surface area contributed by atoms with Gasteiger partial charge in [-0.3, -0.25) is 29.8 Å². The summed E-state index contributed by atoms with van der Waals surface area (Å²) in [6.07, 6.45) is 3.46. The molecule has 0 aromatic heterocycles. The number of thioether (sulfide) groups is 1. The number of carbonyl (C=O) groups is 2. The molecule has 3 rings (SSSR count). The summed E-state index contributed by atoms with van der Waals surface area (Å²) >= 11 is 1.46. The maximum Gasteiger partial charge on any atom is 0.269 e. The van der Waals surface area contributed by atoms with Gasteiger partial charge in [-0.15, -0.1) is 0 Å². The van der Waals surface area contributed by atoms with Crippen LogP contribution in [0.2, 0.25) is 0 Å². The van der Waals surface area contributed by atoms with E-state index in [1.807, 2.05) is 0 Å². The van der Waals surface area contributed by atoms with E-state index < -0.39 is 9.85 Å². The Balaban J connectivity index is 1.89. The molecule has 0 saturated carbocycles. The van der Waals surface area contributed by atoms with Crippen LogP contribution in [0, 0.1) is 20.2 Å². The van der Waals surface area contributed by atoms with Crippen LogP contribution < -0.4 is 0 Å². The van der Waals surface area contributed by atoms with Crippen molar-refractivity contribution in [3.63, 3.8) is 0 Å². The first-order valence-electron chi connectivity index (χ1n) is 10.7. The normalized spacial score (nSPS) is 16.0.